The molecule has 1 aromatic carbocycles. The summed E-state index contributed by atoms with van der Waals surface area (Å²) in [5, 5.41) is 0. The summed E-state index contributed by atoms with van der Waals surface area (Å²) < 4.78 is 16.5. The molecule has 0 unspecified atom stereocenters. The Morgan fingerprint density at radius 3 is 2.85 bits per heavy atom. The Bertz CT molecular complexity index is 625. The van der Waals surface area contributed by atoms with Crippen LogP contribution in [0, 0.1) is 5.82 Å². The number of alkyl halides is 1. The molecule has 0 radical (unpaired) electrons. The molecule has 0 spiro atoms. The van der Waals surface area contributed by atoms with Crippen LogP contribution in [0.2, 0.25) is 0 Å². The molecule has 1 aliphatic heterocycles. The fraction of sp³-hybridized carbons (Fsp3) is 0.500. The summed E-state index contributed by atoms with van der Waals surface area (Å²) in [6.45, 7) is 0. The predicted molar refractivity (Wildman–Crippen MR) is 87.4 cm³/mol. The van der Waals surface area contributed by atoms with Crippen LogP contribution in [0.5, 0.6) is 0 Å². The molecule has 2 nitrogen and oxygen atoms in total. The van der Waals surface area contributed by atoms with Gasteiger partial charge in [0.1, 0.15) is 11.6 Å². The molecule has 0 saturated carbocycles. The Kier molecular flexibility index (Phi) is 4.58. The van der Waals surface area contributed by atoms with Crippen molar-refractivity contribution >= 4 is 50.3 Å². The molecule has 2 heterocycles. The van der Waals surface area contributed by atoms with Crippen LogP contribution in [-0.2, 0) is 6.42 Å². The van der Waals surface area contributed by atoms with E-state index in [0.717, 1.165) is 36.1 Å². The van der Waals surface area contributed by atoms with Gasteiger partial charge in [-0.2, -0.15) is 11.8 Å². The average molecular weight is 378 g/mol. The Hall–Kier alpha value is -0.260. The van der Waals surface area contributed by atoms with Gasteiger partial charge >= 0.3 is 0 Å². The van der Waals surface area contributed by atoms with Gasteiger partial charge in [0.2, 0.25) is 0 Å². The van der Waals surface area contributed by atoms with Gasteiger partial charge in [-0.25, -0.2) is 9.37 Å². The Balaban J connectivity index is 2.14. The third kappa shape index (κ3) is 2.72. The van der Waals surface area contributed by atoms with Crippen LogP contribution < -0.4 is 0 Å². The molecule has 108 valence electrons. The van der Waals surface area contributed by atoms with E-state index in [9.17, 15) is 4.39 Å². The first kappa shape index (κ1) is 14.7. The maximum atomic E-state index is 13.7. The van der Waals surface area contributed by atoms with Gasteiger partial charge in [-0.15, -0.1) is 11.6 Å². The number of nitrogens with zero attached hydrogens (tertiary/aromatic N) is 2. The number of imidazole rings is 1. The molecule has 0 atom stereocenters. The summed E-state index contributed by atoms with van der Waals surface area (Å²) in [5.41, 5.74) is 1.74. The van der Waals surface area contributed by atoms with Crippen molar-refractivity contribution in [3.63, 3.8) is 0 Å². The molecule has 0 aliphatic carbocycles. The second-order valence-corrected chi connectivity index (χ2v) is 7.39. The summed E-state index contributed by atoms with van der Waals surface area (Å²) in [7, 11) is 0. The standard InChI is InChI=1S/C14H15BrClFN2S/c15-10-7-13-12(8-11(10)17)18-14(1-4-16)19(13)9-2-5-20-6-3-9/h7-9H,1-6H2. The minimum absolute atomic E-state index is 0.265. The Morgan fingerprint density at radius 2 is 2.15 bits per heavy atom. The normalized spacial score (nSPS) is 16.9. The zero-order valence-corrected chi connectivity index (χ0v) is 14.1. The summed E-state index contributed by atoms with van der Waals surface area (Å²) in [4.78, 5) is 4.59. The van der Waals surface area contributed by atoms with Gasteiger partial charge in [-0.3, -0.25) is 0 Å². The lowest BCUT2D eigenvalue weighted by molar-refractivity contribution is 0.466. The first-order valence-corrected chi connectivity index (χ1v) is 9.18. The third-order valence-corrected chi connectivity index (χ3v) is 5.52. The summed E-state index contributed by atoms with van der Waals surface area (Å²) in [6.07, 6.45) is 3.00. The van der Waals surface area contributed by atoms with E-state index in [1.807, 2.05) is 17.8 Å². The highest BCUT2D eigenvalue weighted by molar-refractivity contribution is 9.10. The Morgan fingerprint density at radius 1 is 1.40 bits per heavy atom. The van der Waals surface area contributed by atoms with Crippen molar-refractivity contribution in [1.29, 1.82) is 0 Å². The van der Waals surface area contributed by atoms with Crippen molar-refractivity contribution in [3.8, 4) is 0 Å². The lowest BCUT2D eigenvalue weighted by atomic mass is 10.1. The molecule has 0 N–H and O–H groups in total. The zero-order valence-electron chi connectivity index (χ0n) is 10.9. The maximum Gasteiger partial charge on any atom is 0.139 e. The maximum absolute atomic E-state index is 13.7. The molecule has 1 saturated heterocycles. The minimum atomic E-state index is -0.265. The number of halogens is 3. The first-order valence-electron chi connectivity index (χ1n) is 6.70. The SMILES string of the molecule is Fc1cc2nc(CCCl)n(C3CCSCC3)c2cc1Br. The number of hydrogen-bond donors (Lipinski definition) is 0. The molecule has 6 heteroatoms. The van der Waals surface area contributed by atoms with Crippen molar-refractivity contribution in [2.24, 2.45) is 0 Å². The van der Waals surface area contributed by atoms with Crippen molar-refractivity contribution in [2.45, 2.75) is 25.3 Å². The van der Waals surface area contributed by atoms with E-state index in [2.05, 4.69) is 25.5 Å². The summed E-state index contributed by atoms with van der Waals surface area (Å²) in [5.74, 6) is 3.59. The molecule has 2 aromatic rings. The number of benzene rings is 1. The fourth-order valence-corrected chi connectivity index (χ4v) is 4.33. The van der Waals surface area contributed by atoms with Crippen molar-refractivity contribution < 1.29 is 4.39 Å². The van der Waals surface area contributed by atoms with Crippen LogP contribution in [0.25, 0.3) is 11.0 Å². The zero-order chi connectivity index (χ0) is 14.1. The molecule has 0 amide bonds. The van der Waals surface area contributed by atoms with E-state index in [4.69, 9.17) is 11.6 Å². The van der Waals surface area contributed by atoms with Gasteiger partial charge in [-0.1, -0.05) is 0 Å². The van der Waals surface area contributed by atoms with Crippen LogP contribution in [0.15, 0.2) is 16.6 Å². The monoisotopic (exact) mass is 376 g/mol. The van der Waals surface area contributed by atoms with Crippen LogP contribution in [0.3, 0.4) is 0 Å². The molecule has 20 heavy (non-hydrogen) atoms. The molecule has 1 fully saturated rings. The minimum Gasteiger partial charge on any atom is -0.325 e. The third-order valence-electron chi connectivity index (χ3n) is 3.68. The van der Waals surface area contributed by atoms with E-state index >= 15 is 0 Å². The van der Waals surface area contributed by atoms with E-state index in [1.54, 1.807) is 0 Å². The van der Waals surface area contributed by atoms with Gasteiger partial charge in [-0.05, 0) is 46.3 Å². The van der Waals surface area contributed by atoms with Gasteiger partial charge in [0.15, 0.2) is 0 Å². The van der Waals surface area contributed by atoms with Gasteiger partial charge < -0.3 is 4.57 Å². The van der Waals surface area contributed by atoms with E-state index in [0.29, 0.717) is 16.4 Å². The van der Waals surface area contributed by atoms with Crippen LogP contribution in [-0.4, -0.2) is 26.9 Å². The van der Waals surface area contributed by atoms with Crippen LogP contribution in [0.4, 0.5) is 4.39 Å². The predicted octanol–water partition coefficient (Wildman–Crippen LogP) is 4.79. The average Bonchev–Trinajstić information content (AvgIpc) is 2.78. The fourth-order valence-electron chi connectivity index (χ4n) is 2.75. The lowest BCUT2D eigenvalue weighted by Crippen LogP contribution is -2.17. The number of thioether (sulfide) groups is 1. The summed E-state index contributed by atoms with van der Waals surface area (Å²) in [6, 6.07) is 3.80. The second-order valence-electron chi connectivity index (χ2n) is 4.94. The largest absolute Gasteiger partial charge is 0.325 e. The number of fused-ring (bicyclic) bond motifs is 1. The van der Waals surface area contributed by atoms with Crippen LogP contribution >= 0.6 is 39.3 Å². The van der Waals surface area contributed by atoms with Gasteiger partial charge in [0.25, 0.3) is 0 Å². The lowest BCUT2D eigenvalue weighted by Gasteiger charge is -2.25. The van der Waals surface area contributed by atoms with E-state index in [-0.39, 0.29) is 5.82 Å². The number of aromatic nitrogens is 2. The van der Waals surface area contributed by atoms with Gasteiger partial charge in [0, 0.05) is 24.4 Å². The molecular formula is C14H15BrClFN2S. The molecule has 1 aromatic heterocycles. The van der Waals surface area contributed by atoms with Gasteiger partial charge in [0.05, 0.1) is 15.5 Å². The molecule has 3 rings (SSSR count). The molecular weight excluding hydrogens is 363 g/mol. The smallest absolute Gasteiger partial charge is 0.139 e. The van der Waals surface area contributed by atoms with E-state index < -0.39 is 0 Å². The van der Waals surface area contributed by atoms with Crippen molar-refractivity contribution in [3.05, 3.63) is 28.2 Å². The highest BCUT2D eigenvalue weighted by Gasteiger charge is 2.22. The van der Waals surface area contributed by atoms with Crippen LogP contribution in [0.1, 0.15) is 24.7 Å². The second kappa shape index (κ2) is 6.24. The van der Waals surface area contributed by atoms with Crippen molar-refractivity contribution in [1.82, 2.24) is 9.55 Å². The highest BCUT2D eigenvalue weighted by atomic mass is 79.9. The molecule has 1 aliphatic rings. The first-order chi connectivity index (χ1) is 9.70. The highest BCUT2D eigenvalue weighted by Crippen LogP contribution is 2.33. The van der Waals surface area contributed by atoms with Crippen molar-refractivity contribution in [2.75, 3.05) is 17.4 Å². The summed E-state index contributed by atoms with van der Waals surface area (Å²) >= 11 is 11.2. The van der Waals surface area contributed by atoms with E-state index in [1.165, 1.54) is 17.6 Å². The topological polar surface area (TPSA) is 17.8 Å². The number of rotatable bonds is 3. The molecule has 0 bridgehead atoms. The Labute approximate surface area is 135 Å². The quantitative estimate of drug-likeness (QED) is 0.716. The number of aryl methyl sites for hydroxylation is 1. The number of hydrogen-bond acceptors (Lipinski definition) is 2.